The van der Waals surface area contributed by atoms with E-state index >= 15 is 0 Å². The predicted molar refractivity (Wildman–Crippen MR) is 101 cm³/mol. The lowest BCUT2D eigenvalue weighted by Gasteiger charge is -2.12. The maximum absolute atomic E-state index is 12.1. The Bertz CT molecular complexity index is 801. The highest BCUT2D eigenvalue weighted by atomic mass is 16.2. The number of benzene rings is 2. The van der Waals surface area contributed by atoms with E-state index in [1.807, 2.05) is 0 Å². The molecule has 7 nitrogen and oxygen atoms in total. The van der Waals surface area contributed by atoms with Gasteiger partial charge in [0.15, 0.2) is 0 Å². The van der Waals surface area contributed by atoms with E-state index in [0.717, 1.165) is 0 Å². The lowest BCUT2D eigenvalue weighted by atomic mass is 10.2. The molecule has 3 amide bonds. The molecule has 0 unspecified atom stereocenters. The van der Waals surface area contributed by atoms with E-state index in [4.69, 9.17) is 0 Å². The van der Waals surface area contributed by atoms with Crippen LogP contribution in [-0.4, -0.2) is 50.3 Å². The fourth-order valence-electron chi connectivity index (χ4n) is 2.26. The van der Waals surface area contributed by atoms with Gasteiger partial charge in [0.2, 0.25) is 5.91 Å². The third-order valence-corrected chi connectivity index (χ3v) is 3.63. The Hall–Kier alpha value is -3.35. The number of rotatable bonds is 6. The molecule has 0 aromatic heterocycles. The molecule has 0 fully saturated rings. The van der Waals surface area contributed by atoms with Gasteiger partial charge in [0.1, 0.15) is 0 Å². The van der Waals surface area contributed by atoms with Crippen LogP contribution in [0.1, 0.15) is 20.7 Å². The molecular formula is C19H22N4O3. The summed E-state index contributed by atoms with van der Waals surface area (Å²) in [6.45, 7) is 0.0524. The molecule has 2 aromatic carbocycles. The summed E-state index contributed by atoms with van der Waals surface area (Å²) in [5, 5.41) is 8.27. The SMILES string of the molecule is CNC(=O)c1ccc(NC(=O)CNc2cccc(C(=O)N(C)C)c2)cc1. The quantitative estimate of drug-likeness (QED) is 0.738. The number of amides is 3. The van der Waals surface area contributed by atoms with Crippen LogP contribution in [0, 0.1) is 0 Å². The Morgan fingerprint density at radius 2 is 1.62 bits per heavy atom. The summed E-state index contributed by atoms with van der Waals surface area (Å²) in [6.07, 6.45) is 0. The van der Waals surface area contributed by atoms with Crippen molar-refractivity contribution in [3.63, 3.8) is 0 Å². The van der Waals surface area contributed by atoms with Gasteiger partial charge < -0.3 is 20.9 Å². The highest BCUT2D eigenvalue weighted by molar-refractivity contribution is 5.97. The van der Waals surface area contributed by atoms with Crippen molar-refractivity contribution in [1.29, 1.82) is 0 Å². The normalized spacial score (nSPS) is 9.96. The van der Waals surface area contributed by atoms with Gasteiger partial charge in [-0.3, -0.25) is 14.4 Å². The van der Waals surface area contributed by atoms with Crippen LogP contribution >= 0.6 is 0 Å². The molecule has 0 saturated carbocycles. The van der Waals surface area contributed by atoms with Crippen molar-refractivity contribution >= 4 is 29.1 Å². The maximum atomic E-state index is 12.1. The summed E-state index contributed by atoms with van der Waals surface area (Å²) < 4.78 is 0. The Morgan fingerprint density at radius 1 is 0.923 bits per heavy atom. The number of nitrogens with one attached hydrogen (secondary N) is 3. The Labute approximate surface area is 152 Å². The molecule has 0 aliphatic carbocycles. The summed E-state index contributed by atoms with van der Waals surface area (Å²) >= 11 is 0. The first-order valence-corrected chi connectivity index (χ1v) is 8.08. The molecule has 0 heterocycles. The van der Waals surface area contributed by atoms with Crippen LogP contribution in [-0.2, 0) is 4.79 Å². The van der Waals surface area contributed by atoms with Crippen LogP contribution < -0.4 is 16.0 Å². The van der Waals surface area contributed by atoms with Gasteiger partial charge in [0, 0.05) is 43.6 Å². The number of hydrogen-bond acceptors (Lipinski definition) is 4. The van der Waals surface area contributed by atoms with Gasteiger partial charge >= 0.3 is 0 Å². The van der Waals surface area contributed by atoms with E-state index in [9.17, 15) is 14.4 Å². The van der Waals surface area contributed by atoms with Crippen LogP contribution in [0.3, 0.4) is 0 Å². The Kier molecular flexibility index (Phi) is 6.32. The molecule has 0 saturated heterocycles. The van der Waals surface area contributed by atoms with Crippen molar-refractivity contribution < 1.29 is 14.4 Å². The average molecular weight is 354 g/mol. The largest absolute Gasteiger partial charge is 0.376 e. The lowest BCUT2D eigenvalue weighted by Crippen LogP contribution is -2.23. The second-order valence-electron chi connectivity index (χ2n) is 5.84. The molecule has 2 rings (SSSR count). The minimum atomic E-state index is -0.234. The topological polar surface area (TPSA) is 90.5 Å². The van der Waals surface area contributed by atoms with Gasteiger partial charge in [-0.15, -0.1) is 0 Å². The fraction of sp³-hybridized carbons (Fsp3) is 0.211. The van der Waals surface area contributed by atoms with Gasteiger partial charge in [-0.1, -0.05) is 6.07 Å². The van der Waals surface area contributed by atoms with E-state index in [-0.39, 0.29) is 24.3 Å². The maximum Gasteiger partial charge on any atom is 0.253 e. The minimum Gasteiger partial charge on any atom is -0.376 e. The van der Waals surface area contributed by atoms with Crippen molar-refractivity contribution in [2.45, 2.75) is 0 Å². The van der Waals surface area contributed by atoms with E-state index in [0.29, 0.717) is 22.5 Å². The second-order valence-corrected chi connectivity index (χ2v) is 5.84. The van der Waals surface area contributed by atoms with E-state index < -0.39 is 0 Å². The summed E-state index contributed by atoms with van der Waals surface area (Å²) in [5.41, 5.74) is 2.35. The molecule has 136 valence electrons. The standard InChI is InChI=1S/C19H22N4O3/c1-20-18(25)13-7-9-15(10-8-13)22-17(24)12-21-16-6-4-5-14(11-16)19(26)23(2)3/h4-11,21H,12H2,1-3H3,(H,20,25)(H,22,24). The van der Waals surface area contributed by atoms with Crippen molar-refractivity contribution in [3.8, 4) is 0 Å². The number of anilines is 2. The van der Waals surface area contributed by atoms with E-state index in [2.05, 4.69) is 16.0 Å². The van der Waals surface area contributed by atoms with Gasteiger partial charge in [0.05, 0.1) is 6.54 Å². The van der Waals surface area contributed by atoms with Crippen LogP contribution in [0.4, 0.5) is 11.4 Å². The van der Waals surface area contributed by atoms with Crippen molar-refractivity contribution in [2.24, 2.45) is 0 Å². The highest BCUT2D eigenvalue weighted by Crippen LogP contribution is 2.13. The molecule has 0 spiro atoms. The highest BCUT2D eigenvalue weighted by Gasteiger charge is 2.09. The van der Waals surface area contributed by atoms with Crippen molar-refractivity contribution in [2.75, 3.05) is 38.3 Å². The van der Waals surface area contributed by atoms with Crippen molar-refractivity contribution in [3.05, 3.63) is 59.7 Å². The smallest absolute Gasteiger partial charge is 0.253 e. The summed E-state index contributed by atoms with van der Waals surface area (Å²) in [7, 11) is 4.93. The fourth-order valence-corrected chi connectivity index (χ4v) is 2.26. The molecule has 0 aliphatic heterocycles. The average Bonchev–Trinajstić information content (AvgIpc) is 2.66. The number of carbonyl (C=O) groups excluding carboxylic acids is 3. The third kappa shape index (κ3) is 5.07. The van der Waals surface area contributed by atoms with Gasteiger partial charge in [-0.25, -0.2) is 0 Å². The van der Waals surface area contributed by atoms with E-state index in [1.165, 1.54) is 4.90 Å². The summed E-state index contributed by atoms with van der Waals surface area (Å²) in [5.74, 6) is -0.520. The first-order chi connectivity index (χ1) is 12.4. The third-order valence-electron chi connectivity index (χ3n) is 3.63. The van der Waals surface area contributed by atoms with Crippen LogP contribution in [0.25, 0.3) is 0 Å². The zero-order chi connectivity index (χ0) is 19.1. The first-order valence-electron chi connectivity index (χ1n) is 8.08. The number of carbonyl (C=O) groups is 3. The minimum absolute atomic E-state index is 0.0524. The molecule has 3 N–H and O–H groups in total. The lowest BCUT2D eigenvalue weighted by molar-refractivity contribution is -0.114. The zero-order valence-corrected chi connectivity index (χ0v) is 15.0. The summed E-state index contributed by atoms with van der Waals surface area (Å²) in [4.78, 5) is 37.0. The molecule has 2 aromatic rings. The molecule has 0 atom stereocenters. The summed E-state index contributed by atoms with van der Waals surface area (Å²) in [6, 6.07) is 13.6. The Morgan fingerprint density at radius 3 is 2.23 bits per heavy atom. The molecular weight excluding hydrogens is 332 g/mol. The predicted octanol–water partition coefficient (Wildman–Crippen LogP) is 1.80. The van der Waals surface area contributed by atoms with E-state index in [1.54, 1.807) is 69.7 Å². The first kappa shape index (κ1) is 19.0. The second kappa shape index (κ2) is 8.66. The van der Waals surface area contributed by atoms with Crippen LogP contribution in [0.15, 0.2) is 48.5 Å². The zero-order valence-electron chi connectivity index (χ0n) is 15.0. The van der Waals surface area contributed by atoms with Gasteiger partial charge in [-0.05, 0) is 42.5 Å². The molecule has 0 radical (unpaired) electrons. The van der Waals surface area contributed by atoms with Gasteiger partial charge in [-0.2, -0.15) is 0 Å². The van der Waals surface area contributed by atoms with Gasteiger partial charge in [0.25, 0.3) is 11.8 Å². The van der Waals surface area contributed by atoms with Crippen LogP contribution in [0.2, 0.25) is 0 Å². The molecule has 7 heteroatoms. The van der Waals surface area contributed by atoms with Crippen molar-refractivity contribution in [1.82, 2.24) is 10.2 Å². The monoisotopic (exact) mass is 354 g/mol. The van der Waals surface area contributed by atoms with Crippen LogP contribution in [0.5, 0.6) is 0 Å². The molecule has 26 heavy (non-hydrogen) atoms. The molecule has 0 aliphatic rings. The number of hydrogen-bond donors (Lipinski definition) is 3. The molecule has 0 bridgehead atoms. The Balaban J connectivity index is 1.92. The number of nitrogens with zero attached hydrogens (tertiary/aromatic N) is 1.